The monoisotopic (exact) mass is 711 g/mol. The van der Waals surface area contributed by atoms with Crippen LogP contribution in [0, 0.1) is 23.2 Å². The van der Waals surface area contributed by atoms with E-state index in [1.54, 1.807) is 49.9 Å². The summed E-state index contributed by atoms with van der Waals surface area (Å²) in [6, 6.07) is 10.5. The number of halogens is 2. The van der Waals surface area contributed by atoms with Crippen molar-refractivity contribution >= 4 is 51.8 Å². The van der Waals surface area contributed by atoms with Gasteiger partial charge >= 0.3 is 6.09 Å². The third-order valence-electron chi connectivity index (χ3n) is 8.62. The Bertz CT molecular complexity index is 1850. The highest BCUT2D eigenvalue weighted by molar-refractivity contribution is 6.33. The van der Waals surface area contributed by atoms with Crippen LogP contribution >= 0.6 is 11.6 Å². The van der Waals surface area contributed by atoms with Crippen LogP contribution in [-0.4, -0.2) is 90.8 Å². The van der Waals surface area contributed by atoms with Crippen molar-refractivity contribution < 1.29 is 28.2 Å². The van der Waals surface area contributed by atoms with Crippen molar-refractivity contribution in [2.45, 2.75) is 59.0 Å². The number of fused-ring (bicyclic) bond motifs is 1. The van der Waals surface area contributed by atoms with E-state index in [2.05, 4.69) is 16.7 Å². The maximum Gasteiger partial charge on any atom is 0.410 e. The summed E-state index contributed by atoms with van der Waals surface area (Å²) in [7, 11) is 1.47. The maximum absolute atomic E-state index is 14.6. The fourth-order valence-corrected chi connectivity index (χ4v) is 6.40. The Morgan fingerprint density at radius 2 is 1.88 bits per heavy atom. The van der Waals surface area contributed by atoms with Gasteiger partial charge < -0.3 is 39.2 Å². The summed E-state index contributed by atoms with van der Waals surface area (Å²) in [4.78, 5) is 46.7. The van der Waals surface area contributed by atoms with Crippen LogP contribution in [0.5, 0.6) is 5.75 Å². The van der Waals surface area contributed by atoms with E-state index in [9.17, 15) is 24.0 Å². The number of hydrogen-bond donors (Lipinski definition) is 2. The number of ether oxygens (including phenoxy) is 3. The molecule has 268 valence electrons. The molecule has 15 heteroatoms. The summed E-state index contributed by atoms with van der Waals surface area (Å²) >= 11 is 6.59. The number of hydrogen-bond acceptors (Lipinski definition) is 10. The number of likely N-dealkylation sites (N-methyl/N-ethyl adjacent to an activating group) is 1. The third kappa shape index (κ3) is 8.39. The molecule has 2 aliphatic rings. The molecule has 4 heterocycles. The van der Waals surface area contributed by atoms with Crippen LogP contribution in [0.2, 0.25) is 5.02 Å². The summed E-state index contributed by atoms with van der Waals surface area (Å²) in [6.45, 7) is 10.4. The predicted octanol–water partition coefficient (Wildman–Crippen LogP) is 4.86. The second-order valence-corrected chi connectivity index (χ2v) is 14.2. The fourth-order valence-electron chi connectivity index (χ4n) is 6.20. The zero-order valence-electron chi connectivity index (χ0n) is 29.1. The standard InChI is InChI=1S/C35H43ClFN7O6/c1-20-15-43(16-21(2)30(20)37)32-23(14-38)12-26(36)31(41-32)40-24-7-8-27-22(11-24)13-28(49-19-29(45)39-6)33(46)44(27)18-25-17-42(9-10-48-25)34(47)50-35(3,4)5/h7-8,11-13,20-21,25,30H,9-10,15-19H2,1-6H3,(H,39,45)(H,40,41)/t20-,21+,25?,30?. The third-order valence-corrected chi connectivity index (χ3v) is 8.91. The molecule has 0 radical (unpaired) electrons. The van der Waals surface area contributed by atoms with Crippen molar-refractivity contribution in [3.8, 4) is 11.8 Å². The molecule has 0 spiro atoms. The first kappa shape index (κ1) is 36.7. The Morgan fingerprint density at radius 1 is 1.16 bits per heavy atom. The van der Waals surface area contributed by atoms with Gasteiger partial charge in [0.05, 0.1) is 41.9 Å². The molecular weight excluding hydrogens is 669 g/mol. The van der Waals surface area contributed by atoms with Crippen molar-refractivity contribution in [2.24, 2.45) is 11.8 Å². The topological polar surface area (TPSA) is 151 Å². The molecule has 3 aromatic rings. The Kier molecular flexibility index (Phi) is 11.1. The number of alkyl halides is 1. The van der Waals surface area contributed by atoms with Gasteiger partial charge in [0.2, 0.25) is 0 Å². The van der Waals surface area contributed by atoms with E-state index in [1.807, 2.05) is 18.7 Å². The number of benzene rings is 1. The van der Waals surface area contributed by atoms with Crippen molar-refractivity contribution in [1.82, 2.24) is 19.8 Å². The molecule has 13 nitrogen and oxygen atoms in total. The predicted molar refractivity (Wildman–Crippen MR) is 188 cm³/mol. The number of nitriles is 1. The number of amides is 2. The lowest BCUT2D eigenvalue weighted by Crippen LogP contribution is -2.49. The first-order chi connectivity index (χ1) is 23.7. The lowest BCUT2D eigenvalue weighted by molar-refractivity contribution is -0.122. The number of morpholine rings is 1. The number of anilines is 3. The largest absolute Gasteiger partial charge is 0.478 e. The smallest absolute Gasteiger partial charge is 0.410 e. The normalized spacial score (nSPS) is 21.0. The first-order valence-corrected chi connectivity index (χ1v) is 16.9. The molecule has 50 heavy (non-hydrogen) atoms. The van der Waals surface area contributed by atoms with Crippen molar-refractivity contribution in [3.63, 3.8) is 0 Å². The molecule has 2 amide bonds. The van der Waals surface area contributed by atoms with Gasteiger partial charge in [-0.25, -0.2) is 14.2 Å². The first-order valence-electron chi connectivity index (χ1n) is 16.5. The molecule has 2 saturated heterocycles. The summed E-state index contributed by atoms with van der Waals surface area (Å²) in [6.07, 6.45) is -1.94. The molecule has 2 aromatic heterocycles. The summed E-state index contributed by atoms with van der Waals surface area (Å²) in [5.74, 6) is -0.225. The summed E-state index contributed by atoms with van der Waals surface area (Å²) in [5.41, 5.74) is 0.278. The Hall–Kier alpha value is -4.61. The lowest BCUT2D eigenvalue weighted by Gasteiger charge is -2.38. The second-order valence-electron chi connectivity index (χ2n) is 13.8. The SMILES string of the molecule is CNC(=O)COc1cc2cc(Nc3nc(N4C[C@@H](C)C(F)[C@@H](C)C4)c(C#N)cc3Cl)ccc2n(CC2CN(C(=O)OC(C)(C)C)CCO2)c1=O. The van der Waals surface area contributed by atoms with Crippen LogP contribution in [-0.2, 0) is 20.8 Å². The Labute approximate surface area is 295 Å². The molecule has 0 saturated carbocycles. The van der Waals surface area contributed by atoms with E-state index >= 15 is 0 Å². The quantitative estimate of drug-likeness (QED) is 0.332. The molecule has 4 atom stereocenters. The summed E-state index contributed by atoms with van der Waals surface area (Å²) < 4.78 is 33.3. The number of aromatic nitrogens is 2. The Balaban J connectivity index is 1.47. The fraction of sp³-hybridized carbons (Fsp3) is 0.514. The van der Waals surface area contributed by atoms with Gasteiger partial charge in [0.15, 0.2) is 18.2 Å². The van der Waals surface area contributed by atoms with Crippen molar-refractivity contribution in [1.29, 1.82) is 5.26 Å². The average molecular weight is 712 g/mol. The minimum Gasteiger partial charge on any atom is -0.478 e. The van der Waals surface area contributed by atoms with Crippen LogP contribution in [0.25, 0.3) is 10.9 Å². The van der Waals surface area contributed by atoms with Gasteiger partial charge in [-0.05, 0) is 51.1 Å². The zero-order valence-corrected chi connectivity index (χ0v) is 29.8. The number of carbonyl (C=O) groups is 2. The number of piperidine rings is 1. The minimum absolute atomic E-state index is 0.0469. The molecule has 0 bridgehead atoms. The molecule has 2 N–H and O–H groups in total. The van der Waals surface area contributed by atoms with Crippen molar-refractivity contribution in [2.75, 3.05) is 56.7 Å². The van der Waals surface area contributed by atoms with Crippen LogP contribution in [0.1, 0.15) is 40.2 Å². The van der Waals surface area contributed by atoms with Gasteiger partial charge in [-0.2, -0.15) is 5.26 Å². The van der Waals surface area contributed by atoms with E-state index in [-0.39, 0.29) is 54.5 Å². The molecule has 2 unspecified atom stereocenters. The van der Waals surface area contributed by atoms with E-state index in [1.165, 1.54) is 17.7 Å². The van der Waals surface area contributed by atoms with E-state index in [0.717, 1.165) is 0 Å². The highest BCUT2D eigenvalue weighted by Gasteiger charge is 2.34. The van der Waals surface area contributed by atoms with Gasteiger partial charge in [0.1, 0.15) is 23.7 Å². The van der Waals surface area contributed by atoms with E-state index < -0.39 is 35.4 Å². The van der Waals surface area contributed by atoms with Crippen molar-refractivity contribution in [3.05, 3.63) is 51.3 Å². The van der Waals surface area contributed by atoms with E-state index in [0.29, 0.717) is 47.9 Å². The highest BCUT2D eigenvalue weighted by Crippen LogP contribution is 2.34. The van der Waals surface area contributed by atoms with Crippen LogP contribution in [0.4, 0.5) is 26.5 Å². The van der Waals surface area contributed by atoms with Crippen LogP contribution in [0.15, 0.2) is 35.1 Å². The van der Waals surface area contributed by atoms with Gasteiger partial charge in [-0.3, -0.25) is 9.59 Å². The molecule has 0 aliphatic carbocycles. The zero-order chi connectivity index (χ0) is 36.3. The number of nitrogens with zero attached hydrogens (tertiary/aromatic N) is 5. The number of pyridine rings is 2. The lowest BCUT2D eigenvalue weighted by atomic mass is 9.89. The molecule has 5 rings (SSSR count). The molecule has 1 aromatic carbocycles. The Morgan fingerprint density at radius 3 is 2.54 bits per heavy atom. The van der Waals surface area contributed by atoms with Gasteiger partial charge in [0.25, 0.3) is 11.5 Å². The van der Waals surface area contributed by atoms with Gasteiger partial charge in [-0.15, -0.1) is 0 Å². The molecule has 2 aliphatic heterocycles. The number of rotatable bonds is 8. The second kappa shape index (κ2) is 15.1. The average Bonchev–Trinajstić information content (AvgIpc) is 3.07. The molecular formula is C35H43ClFN7O6. The van der Waals surface area contributed by atoms with Crippen LogP contribution < -0.4 is 25.8 Å². The highest BCUT2D eigenvalue weighted by atomic mass is 35.5. The van der Waals surface area contributed by atoms with E-state index in [4.69, 9.17) is 30.8 Å². The van der Waals surface area contributed by atoms with Gasteiger partial charge in [0, 0.05) is 49.6 Å². The maximum atomic E-state index is 14.6. The molecule has 2 fully saturated rings. The van der Waals surface area contributed by atoms with Crippen LogP contribution in [0.3, 0.4) is 0 Å². The van der Waals surface area contributed by atoms with Gasteiger partial charge in [-0.1, -0.05) is 25.4 Å². The number of nitrogens with one attached hydrogen (secondary N) is 2. The summed E-state index contributed by atoms with van der Waals surface area (Å²) in [5, 5.41) is 16.4. The number of carbonyl (C=O) groups excluding carboxylic acids is 2. The minimum atomic E-state index is -0.949.